The van der Waals surface area contributed by atoms with Crippen LogP contribution in [0.1, 0.15) is 38.0 Å². The Labute approximate surface area is 94.1 Å². The highest BCUT2D eigenvalue weighted by atomic mass is 32.1. The van der Waals surface area contributed by atoms with Gasteiger partial charge in [-0.15, -0.1) is 11.3 Å². The van der Waals surface area contributed by atoms with E-state index in [0.29, 0.717) is 0 Å². The maximum atomic E-state index is 10.8. The number of thiophene rings is 1. The van der Waals surface area contributed by atoms with Crippen LogP contribution in [0.2, 0.25) is 0 Å². The fraction of sp³-hybridized carbons (Fsp3) is 0.545. The fourth-order valence-corrected chi connectivity index (χ4v) is 2.85. The lowest BCUT2D eigenvalue weighted by Crippen LogP contribution is -2.44. The standard InChI is InChI=1S/C11H17NO2S/c1-3-7-11(4-2,12-10(13)14)9-6-5-8-15-9/h5-6,8,12H,3-4,7H2,1-2H3,(H,13,14). The molecular formula is C11H17NO2S. The topological polar surface area (TPSA) is 49.3 Å². The summed E-state index contributed by atoms with van der Waals surface area (Å²) < 4.78 is 0. The van der Waals surface area contributed by atoms with Crippen LogP contribution in [0.3, 0.4) is 0 Å². The first-order valence-electron chi connectivity index (χ1n) is 5.19. The van der Waals surface area contributed by atoms with E-state index < -0.39 is 11.6 Å². The molecule has 0 aliphatic rings. The quantitative estimate of drug-likeness (QED) is 0.809. The maximum Gasteiger partial charge on any atom is 0.405 e. The monoisotopic (exact) mass is 227 g/mol. The van der Waals surface area contributed by atoms with E-state index in [0.717, 1.165) is 24.1 Å². The third-order valence-corrected chi connectivity index (χ3v) is 3.69. The minimum Gasteiger partial charge on any atom is -0.465 e. The molecule has 0 saturated carbocycles. The lowest BCUT2D eigenvalue weighted by atomic mass is 9.89. The van der Waals surface area contributed by atoms with Gasteiger partial charge in [-0.25, -0.2) is 4.79 Å². The molecule has 84 valence electrons. The number of nitrogens with one attached hydrogen (secondary N) is 1. The molecule has 0 spiro atoms. The third kappa shape index (κ3) is 2.72. The van der Waals surface area contributed by atoms with Crippen molar-refractivity contribution in [2.75, 3.05) is 0 Å². The molecule has 1 unspecified atom stereocenters. The number of carboxylic acid groups (broad SMARTS) is 1. The van der Waals surface area contributed by atoms with E-state index in [1.807, 2.05) is 24.4 Å². The van der Waals surface area contributed by atoms with Gasteiger partial charge in [-0.2, -0.15) is 0 Å². The summed E-state index contributed by atoms with van der Waals surface area (Å²) >= 11 is 1.61. The van der Waals surface area contributed by atoms with Gasteiger partial charge >= 0.3 is 6.09 Å². The van der Waals surface area contributed by atoms with E-state index >= 15 is 0 Å². The summed E-state index contributed by atoms with van der Waals surface area (Å²) in [5.74, 6) is 0. The molecule has 0 bridgehead atoms. The minimum absolute atomic E-state index is 0.394. The Hall–Kier alpha value is -1.03. The largest absolute Gasteiger partial charge is 0.465 e. The average Bonchev–Trinajstić information content (AvgIpc) is 2.69. The molecule has 2 N–H and O–H groups in total. The second kappa shape index (κ2) is 5.16. The smallest absolute Gasteiger partial charge is 0.405 e. The molecule has 0 aliphatic carbocycles. The van der Waals surface area contributed by atoms with Gasteiger partial charge in [0.05, 0.1) is 5.54 Å². The zero-order chi connectivity index (χ0) is 11.3. The molecule has 1 aromatic heterocycles. The number of carbonyl (C=O) groups is 1. The Morgan fingerprint density at radius 2 is 2.33 bits per heavy atom. The van der Waals surface area contributed by atoms with Gasteiger partial charge in [-0.3, -0.25) is 0 Å². The van der Waals surface area contributed by atoms with Gasteiger partial charge in [0, 0.05) is 4.88 Å². The van der Waals surface area contributed by atoms with Crippen molar-refractivity contribution < 1.29 is 9.90 Å². The van der Waals surface area contributed by atoms with Crippen molar-refractivity contribution in [3.05, 3.63) is 22.4 Å². The van der Waals surface area contributed by atoms with Crippen LogP contribution in [-0.4, -0.2) is 11.2 Å². The summed E-state index contributed by atoms with van der Waals surface area (Å²) in [7, 11) is 0. The van der Waals surface area contributed by atoms with Gasteiger partial charge in [0.15, 0.2) is 0 Å². The summed E-state index contributed by atoms with van der Waals surface area (Å²) in [6, 6.07) is 3.96. The first kappa shape index (κ1) is 12.0. The summed E-state index contributed by atoms with van der Waals surface area (Å²) in [5.41, 5.74) is -0.394. The molecule has 4 heteroatoms. The second-order valence-corrected chi connectivity index (χ2v) is 4.54. The van der Waals surface area contributed by atoms with Gasteiger partial charge in [0.2, 0.25) is 0 Å². The van der Waals surface area contributed by atoms with Gasteiger partial charge in [-0.1, -0.05) is 26.3 Å². The normalized spacial score (nSPS) is 14.5. The lowest BCUT2D eigenvalue weighted by molar-refractivity contribution is 0.173. The van der Waals surface area contributed by atoms with Crippen LogP contribution in [0, 0.1) is 0 Å². The summed E-state index contributed by atoms with van der Waals surface area (Å²) in [5, 5.41) is 13.6. The number of hydrogen-bond donors (Lipinski definition) is 2. The zero-order valence-electron chi connectivity index (χ0n) is 9.12. The molecule has 3 nitrogen and oxygen atoms in total. The molecule has 1 rings (SSSR count). The first-order valence-corrected chi connectivity index (χ1v) is 6.07. The van der Waals surface area contributed by atoms with Crippen molar-refractivity contribution in [3.8, 4) is 0 Å². The summed E-state index contributed by atoms with van der Waals surface area (Å²) in [6.07, 6.45) is 1.65. The molecule has 0 fully saturated rings. The van der Waals surface area contributed by atoms with E-state index in [4.69, 9.17) is 5.11 Å². The fourth-order valence-electron chi connectivity index (χ4n) is 1.87. The molecule has 0 aliphatic heterocycles. The van der Waals surface area contributed by atoms with Crippen molar-refractivity contribution in [1.29, 1.82) is 0 Å². The van der Waals surface area contributed by atoms with Gasteiger partial charge in [0.1, 0.15) is 0 Å². The maximum absolute atomic E-state index is 10.8. The highest BCUT2D eigenvalue weighted by Crippen LogP contribution is 2.33. The van der Waals surface area contributed by atoms with E-state index in [1.165, 1.54) is 0 Å². The molecule has 1 aromatic rings. The zero-order valence-corrected chi connectivity index (χ0v) is 9.93. The van der Waals surface area contributed by atoms with E-state index in [1.54, 1.807) is 11.3 Å². The van der Waals surface area contributed by atoms with Crippen LogP contribution in [0.15, 0.2) is 17.5 Å². The molecular weight excluding hydrogens is 210 g/mol. The molecule has 0 saturated heterocycles. The predicted octanol–water partition coefficient (Wildman–Crippen LogP) is 3.42. The third-order valence-electron chi connectivity index (χ3n) is 2.62. The molecule has 0 radical (unpaired) electrons. The highest BCUT2D eigenvalue weighted by Gasteiger charge is 2.32. The molecule has 1 amide bonds. The van der Waals surface area contributed by atoms with E-state index in [-0.39, 0.29) is 0 Å². The van der Waals surface area contributed by atoms with Crippen LogP contribution in [0.4, 0.5) is 4.79 Å². The van der Waals surface area contributed by atoms with Crippen molar-refractivity contribution in [2.24, 2.45) is 0 Å². The lowest BCUT2D eigenvalue weighted by Gasteiger charge is -2.31. The Morgan fingerprint density at radius 3 is 2.73 bits per heavy atom. The molecule has 1 heterocycles. The molecule has 15 heavy (non-hydrogen) atoms. The van der Waals surface area contributed by atoms with Gasteiger partial charge in [0.25, 0.3) is 0 Å². The number of hydrogen-bond acceptors (Lipinski definition) is 2. The first-order chi connectivity index (χ1) is 7.14. The van der Waals surface area contributed by atoms with E-state index in [2.05, 4.69) is 12.2 Å². The SMILES string of the molecule is CCCC(CC)(NC(=O)O)c1cccs1. The molecule has 0 aromatic carbocycles. The number of rotatable bonds is 5. The van der Waals surface area contributed by atoms with Crippen LogP contribution in [-0.2, 0) is 5.54 Å². The average molecular weight is 227 g/mol. The Bertz CT molecular complexity index is 310. The van der Waals surface area contributed by atoms with Crippen LogP contribution in [0.5, 0.6) is 0 Å². The van der Waals surface area contributed by atoms with E-state index in [9.17, 15) is 4.79 Å². The van der Waals surface area contributed by atoms with Gasteiger partial charge in [-0.05, 0) is 24.3 Å². The number of amides is 1. The van der Waals surface area contributed by atoms with Crippen LogP contribution < -0.4 is 5.32 Å². The highest BCUT2D eigenvalue weighted by molar-refractivity contribution is 7.10. The van der Waals surface area contributed by atoms with Crippen molar-refractivity contribution >= 4 is 17.4 Å². The van der Waals surface area contributed by atoms with Crippen LogP contribution in [0.25, 0.3) is 0 Å². The summed E-state index contributed by atoms with van der Waals surface area (Å²) in [4.78, 5) is 11.9. The Morgan fingerprint density at radius 1 is 1.60 bits per heavy atom. The minimum atomic E-state index is -0.946. The van der Waals surface area contributed by atoms with Crippen molar-refractivity contribution in [1.82, 2.24) is 5.32 Å². The van der Waals surface area contributed by atoms with Crippen LogP contribution >= 0.6 is 11.3 Å². The Balaban J connectivity index is 2.97. The van der Waals surface area contributed by atoms with Crippen molar-refractivity contribution in [2.45, 2.75) is 38.6 Å². The second-order valence-electron chi connectivity index (χ2n) is 3.59. The van der Waals surface area contributed by atoms with Gasteiger partial charge < -0.3 is 10.4 Å². The summed E-state index contributed by atoms with van der Waals surface area (Å²) in [6.45, 7) is 4.09. The molecule has 1 atom stereocenters. The predicted molar refractivity (Wildman–Crippen MR) is 62.4 cm³/mol. The van der Waals surface area contributed by atoms with Crippen molar-refractivity contribution in [3.63, 3.8) is 0 Å². The Kier molecular flexibility index (Phi) is 4.15.